The Kier molecular flexibility index (Phi) is 2.86. The molecule has 1 aliphatic heterocycles. The number of benzene rings is 1. The average Bonchev–Trinajstić information content (AvgIpc) is 2.31. The molecular formula is C13H17NO2. The zero-order chi connectivity index (χ0) is 11.6. The molecular weight excluding hydrogens is 202 g/mol. The van der Waals surface area contributed by atoms with Crippen LogP contribution in [0.1, 0.15) is 25.3 Å². The fourth-order valence-electron chi connectivity index (χ4n) is 2.32. The minimum atomic E-state index is -0.796. The molecule has 1 amide bonds. The highest BCUT2D eigenvalue weighted by Gasteiger charge is 2.32. The van der Waals surface area contributed by atoms with Crippen molar-refractivity contribution in [2.75, 3.05) is 13.1 Å². The highest BCUT2D eigenvalue weighted by atomic mass is 16.4. The number of hydrogen-bond acceptors (Lipinski definition) is 1. The molecule has 2 rings (SSSR count). The highest BCUT2D eigenvalue weighted by Crippen LogP contribution is 2.34. The van der Waals surface area contributed by atoms with Gasteiger partial charge in [0.2, 0.25) is 0 Å². The maximum Gasteiger partial charge on any atom is 0.407 e. The Morgan fingerprint density at radius 3 is 2.31 bits per heavy atom. The fraction of sp³-hybridized carbons (Fsp3) is 0.462. The monoisotopic (exact) mass is 219 g/mol. The van der Waals surface area contributed by atoms with Crippen LogP contribution in [0.15, 0.2) is 30.3 Å². The topological polar surface area (TPSA) is 40.5 Å². The second-order valence-corrected chi connectivity index (χ2v) is 4.70. The molecule has 3 nitrogen and oxygen atoms in total. The number of nitrogens with zero attached hydrogens (tertiary/aromatic N) is 1. The van der Waals surface area contributed by atoms with Gasteiger partial charge in [0.25, 0.3) is 0 Å². The number of likely N-dealkylation sites (tertiary alicyclic amines) is 1. The summed E-state index contributed by atoms with van der Waals surface area (Å²) in [6.07, 6.45) is 1.02. The van der Waals surface area contributed by atoms with E-state index in [0.29, 0.717) is 13.1 Å². The summed E-state index contributed by atoms with van der Waals surface area (Å²) in [4.78, 5) is 12.3. The molecule has 0 aromatic heterocycles. The van der Waals surface area contributed by atoms with Gasteiger partial charge in [-0.1, -0.05) is 37.3 Å². The predicted octanol–water partition coefficient (Wildman–Crippen LogP) is 2.72. The zero-order valence-electron chi connectivity index (χ0n) is 9.52. The minimum Gasteiger partial charge on any atom is -0.465 e. The van der Waals surface area contributed by atoms with Crippen molar-refractivity contribution in [2.45, 2.75) is 25.2 Å². The van der Waals surface area contributed by atoms with Crippen molar-refractivity contribution in [1.82, 2.24) is 4.90 Å². The number of hydrogen-bond donors (Lipinski definition) is 1. The Hall–Kier alpha value is -1.51. The summed E-state index contributed by atoms with van der Waals surface area (Å²) >= 11 is 0. The molecule has 0 aliphatic carbocycles. The van der Waals surface area contributed by atoms with Crippen LogP contribution >= 0.6 is 0 Å². The van der Waals surface area contributed by atoms with Gasteiger partial charge in [0.15, 0.2) is 0 Å². The standard InChI is InChI=1S/C13H17NO2/c1-13(11-5-3-2-4-6-11)7-9-14(10-8-13)12(15)16/h2-6H,7-10H2,1H3,(H,15,16). The lowest BCUT2D eigenvalue weighted by atomic mass is 9.75. The number of rotatable bonds is 1. The third-order valence-electron chi connectivity index (χ3n) is 3.61. The Bertz CT molecular complexity index is 367. The smallest absolute Gasteiger partial charge is 0.407 e. The zero-order valence-corrected chi connectivity index (χ0v) is 9.52. The number of amides is 1. The lowest BCUT2D eigenvalue weighted by molar-refractivity contribution is 0.119. The normalized spacial score (nSPS) is 19.4. The first-order chi connectivity index (χ1) is 7.62. The van der Waals surface area contributed by atoms with Crippen LogP contribution in [-0.2, 0) is 5.41 Å². The van der Waals surface area contributed by atoms with Crippen LogP contribution in [-0.4, -0.2) is 29.2 Å². The molecule has 1 saturated heterocycles. The average molecular weight is 219 g/mol. The molecule has 16 heavy (non-hydrogen) atoms. The largest absolute Gasteiger partial charge is 0.465 e. The van der Waals surface area contributed by atoms with E-state index in [4.69, 9.17) is 5.11 Å². The Morgan fingerprint density at radius 1 is 1.25 bits per heavy atom. The molecule has 0 unspecified atom stereocenters. The van der Waals surface area contributed by atoms with Gasteiger partial charge in [-0.15, -0.1) is 0 Å². The van der Waals surface area contributed by atoms with Gasteiger partial charge in [0.1, 0.15) is 0 Å². The molecule has 0 atom stereocenters. The Balaban J connectivity index is 2.10. The third kappa shape index (κ3) is 2.03. The molecule has 0 spiro atoms. The van der Waals surface area contributed by atoms with Crippen molar-refractivity contribution in [1.29, 1.82) is 0 Å². The van der Waals surface area contributed by atoms with E-state index in [2.05, 4.69) is 19.1 Å². The van der Waals surface area contributed by atoms with Gasteiger partial charge < -0.3 is 10.0 Å². The van der Waals surface area contributed by atoms with Crippen LogP contribution < -0.4 is 0 Å². The van der Waals surface area contributed by atoms with E-state index < -0.39 is 6.09 Å². The first-order valence-corrected chi connectivity index (χ1v) is 5.65. The van der Waals surface area contributed by atoms with Crippen molar-refractivity contribution >= 4 is 6.09 Å². The van der Waals surface area contributed by atoms with Gasteiger partial charge in [-0.3, -0.25) is 0 Å². The molecule has 1 heterocycles. The van der Waals surface area contributed by atoms with Crippen molar-refractivity contribution < 1.29 is 9.90 Å². The second kappa shape index (κ2) is 4.16. The van der Waals surface area contributed by atoms with E-state index >= 15 is 0 Å². The van der Waals surface area contributed by atoms with E-state index in [1.54, 1.807) is 0 Å². The summed E-state index contributed by atoms with van der Waals surface area (Å²) in [5.41, 5.74) is 1.45. The SMILES string of the molecule is CC1(c2ccccc2)CCN(C(=O)O)CC1. The van der Waals surface area contributed by atoms with Gasteiger partial charge in [-0.2, -0.15) is 0 Å². The second-order valence-electron chi connectivity index (χ2n) is 4.70. The summed E-state index contributed by atoms with van der Waals surface area (Å²) in [5, 5.41) is 8.90. The molecule has 86 valence electrons. The maximum absolute atomic E-state index is 10.8. The quantitative estimate of drug-likeness (QED) is 0.789. The van der Waals surface area contributed by atoms with Crippen LogP contribution in [0.5, 0.6) is 0 Å². The maximum atomic E-state index is 10.8. The highest BCUT2D eigenvalue weighted by molar-refractivity contribution is 5.65. The van der Waals surface area contributed by atoms with Crippen molar-refractivity contribution in [3.63, 3.8) is 0 Å². The van der Waals surface area contributed by atoms with Crippen LogP contribution in [0.3, 0.4) is 0 Å². The summed E-state index contributed by atoms with van der Waals surface area (Å²) in [5.74, 6) is 0. The number of carbonyl (C=O) groups is 1. The van der Waals surface area contributed by atoms with Crippen LogP contribution in [0, 0.1) is 0 Å². The summed E-state index contributed by atoms with van der Waals surface area (Å²) in [6, 6.07) is 10.4. The summed E-state index contributed by atoms with van der Waals surface area (Å²) in [6.45, 7) is 3.50. The fourth-order valence-corrected chi connectivity index (χ4v) is 2.32. The molecule has 1 fully saturated rings. The lowest BCUT2D eigenvalue weighted by Gasteiger charge is -2.38. The number of carboxylic acid groups (broad SMARTS) is 1. The molecule has 0 radical (unpaired) electrons. The van der Waals surface area contributed by atoms with Crippen LogP contribution in [0.25, 0.3) is 0 Å². The number of piperidine rings is 1. The van der Waals surface area contributed by atoms with E-state index in [1.165, 1.54) is 10.5 Å². The minimum absolute atomic E-state index is 0.132. The Labute approximate surface area is 95.7 Å². The van der Waals surface area contributed by atoms with Gasteiger partial charge in [0, 0.05) is 13.1 Å². The Morgan fingerprint density at radius 2 is 1.81 bits per heavy atom. The van der Waals surface area contributed by atoms with Crippen molar-refractivity contribution in [3.05, 3.63) is 35.9 Å². The van der Waals surface area contributed by atoms with E-state index in [0.717, 1.165) is 12.8 Å². The third-order valence-corrected chi connectivity index (χ3v) is 3.61. The molecule has 3 heteroatoms. The lowest BCUT2D eigenvalue weighted by Crippen LogP contribution is -2.43. The summed E-state index contributed by atoms with van der Waals surface area (Å²) < 4.78 is 0. The van der Waals surface area contributed by atoms with Gasteiger partial charge in [-0.05, 0) is 23.8 Å². The van der Waals surface area contributed by atoms with Crippen molar-refractivity contribution in [3.8, 4) is 0 Å². The van der Waals surface area contributed by atoms with Crippen LogP contribution in [0.4, 0.5) is 4.79 Å². The van der Waals surface area contributed by atoms with E-state index in [-0.39, 0.29) is 5.41 Å². The molecule has 1 aliphatic rings. The molecule has 1 N–H and O–H groups in total. The van der Waals surface area contributed by atoms with Gasteiger partial charge in [0.05, 0.1) is 0 Å². The summed E-state index contributed by atoms with van der Waals surface area (Å²) in [7, 11) is 0. The van der Waals surface area contributed by atoms with Crippen LogP contribution in [0.2, 0.25) is 0 Å². The van der Waals surface area contributed by atoms with Crippen molar-refractivity contribution in [2.24, 2.45) is 0 Å². The first-order valence-electron chi connectivity index (χ1n) is 5.65. The van der Waals surface area contributed by atoms with Gasteiger partial charge in [-0.25, -0.2) is 4.79 Å². The predicted molar refractivity (Wildman–Crippen MR) is 62.6 cm³/mol. The van der Waals surface area contributed by atoms with E-state index in [1.807, 2.05) is 18.2 Å². The van der Waals surface area contributed by atoms with Gasteiger partial charge >= 0.3 is 6.09 Å². The first kappa shape index (κ1) is 11.0. The van der Waals surface area contributed by atoms with E-state index in [9.17, 15) is 4.79 Å². The molecule has 1 aromatic carbocycles. The molecule has 1 aromatic rings. The molecule has 0 bridgehead atoms. The molecule has 0 saturated carbocycles.